The molecule has 0 fully saturated rings. The third-order valence-corrected chi connectivity index (χ3v) is 3.18. The molecule has 0 rings (SSSR count). The van der Waals surface area contributed by atoms with Gasteiger partial charge in [-0.05, 0) is 25.7 Å². The highest BCUT2D eigenvalue weighted by atomic mass is 16.4. The molecule has 0 bridgehead atoms. The fourth-order valence-corrected chi connectivity index (χ4v) is 1.95. The van der Waals surface area contributed by atoms with Crippen LogP contribution in [-0.2, 0) is 4.79 Å². The molecule has 0 aliphatic carbocycles. The fraction of sp³-hybridized carbons (Fsp3) is 0.722. The van der Waals surface area contributed by atoms with Gasteiger partial charge in [0.25, 0.3) is 0 Å². The number of carboxylic acids is 1. The van der Waals surface area contributed by atoms with Crippen molar-refractivity contribution in [2.24, 2.45) is 0 Å². The van der Waals surface area contributed by atoms with E-state index in [2.05, 4.69) is 30.9 Å². The Morgan fingerprint density at radius 2 is 1.70 bits per heavy atom. The first-order valence-corrected chi connectivity index (χ1v) is 8.10. The molecule has 2 heteroatoms. The average Bonchev–Trinajstić information content (AvgIpc) is 2.43. The topological polar surface area (TPSA) is 37.3 Å². The Kier molecular flexibility index (Phi) is 14.9. The lowest BCUT2D eigenvalue weighted by Gasteiger charge is -1.97. The Morgan fingerprint density at radius 1 is 0.950 bits per heavy atom. The van der Waals surface area contributed by atoms with Gasteiger partial charge in [-0.25, -0.2) is 0 Å². The van der Waals surface area contributed by atoms with Crippen molar-refractivity contribution in [2.45, 2.75) is 84.0 Å². The minimum absolute atomic E-state index is 0.310. The second-order valence-electron chi connectivity index (χ2n) is 5.19. The fourth-order valence-electron chi connectivity index (χ4n) is 1.95. The molecule has 1 N–H and O–H groups in total. The molecule has 0 aromatic carbocycles. The number of hydrogen-bond donors (Lipinski definition) is 1. The van der Waals surface area contributed by atoms with Gasteiger partial charge in [0.05, 0.1) is 0 Å². The van der Waals surface area contributed by atoms with Crippen LogP contribution < -0.4 is 0 Å². The maximum Gasteiger partial charge on any atom is 0.303 e. The Labute approximate surface area is 124 Å². The highest BCUT2D eigenvalue weighted by Crippen LogP contribution is 2.06. The van der Waals surface area contributed by atoms with Gasteiger partial charge in [-0.15, -0.1) is 5.92 Å². The van der Waals surface area contributed by atoms with Crippen LogP contribution in [0.25, 0.3) is 0 Å². The first-order chi connectivity index (χ1) is 9.77. The van der Waals surface area contributed by atoms with E-state index in [1.165, 1.54) is 32.1 Å². The summed E-state index contributed by atoms with van der Waals surface area (Å²) in [7, 11) is 0. The lowest BCUT2D eigenvalue weighted by molar-refractivity contribution is -0.137. The predicted octanol–water partition coefficient (Wildman–Crippen LogP) is 5.33. The van der Waals surface area contributed by atoms with Gasteiger partial charge >= 0.3 is 5.97 Å². The normalized spacial score (nSPS) is 10.4. The molecule has 2 nitrogen and oxygen atoms in total. The van der Waals surface area contributed by atoms with Gasteiger partial charge in [-0.1, -0.05) is 57.1 Å². The molecule has 0 unspecified atom stereocenters. The Bertz CT molecular complexity index is 307. The SMILES string of the molecule is CCCCCC=CCC#CCCCCCCCC(=O)O. The van der Waals surface area contributed by atoms with Gasteiger partial charge in [0.1, 0.15) is 0 Å². The van der Waals surface area contributed by atoms with Crippen LogP contribution in [0.5, 0.6) is 0 Å². The second kappa shape index (κ2) is 15.8. The van der Waals surface area contributed by atoms with Crippen LogP contribution in [-0.4, -0.2) is 11.1 Å². The van der Waals surface area contributed by atoms with Crippen LogP contribution in [0.15, 0.2) is 12.2 Å². The van der Waals surface area contributed by atoms with Crippen molar-refractivity contribution < 1.29 is 9.90 Å². The van der Waals surface area contributed by atoms with Gasteiger partial charge < -0.3 is 5.11 Å². The zero-order valence-electron chi connectivity index (χ0n) is 13.0. The summed E-state index contributed by atoms with van der Waals surface area (Å²) in [5.41, 5.74) is 0. The first-order valence-electron chi connectivity index (χ1n) is 8.10. The number of allylic oxidation sites excluding steroid dienone is 2. The van der Waals surface area contributed by atoms with Gasteiger partial charge in [0.15, 0.2) is 0 Å². The summed E-state index contributed by atoms with van der Waals surface area (Å²) < 4.78 is 0. The zero-order valence-corrected chi connectivity index (χ0v) is 13.0. The van der Waals surface area contributed by atoms with Crippen LogP contribution in [0.3, 0.4) is 0 Å². The summed E-state index contributed by atoms with van der Waals surface area (Å²) >= 11 is 0. The van der Waals surface area contributed by atoms with E-state index < -0.39 is 5.97 Å². The third kappa shape index (κ3) is 16.8. The Balaban J connectivity index is 3.22. The molecule has 0 amide bonds. The number of carboxylic acid groups (broad SMARTS) is 1. The molecule has 114 valence electrons. The molecule has 0 aliphatic heterocycles. The van der Waals surface area contributed by atoms with E-state index >= 15 is 0 Å². The summed E-state index contributed by atoms with van der Waals surface area (Å²) in [6.45, 7) is 2.22. The molecule has 20 heavy (non-hydrogen) atoms. The van der Waals surface area contributed by atoms with Crippen molar-refractivity contribution in [3.63, 3.8) is 0 Å². The summed E-state index contributed by atoms with van der Waals surface area (Å²) in [6.07, 6.45) is 16.9. The van der Waals surface area contributed by atoms with Crippen molar-refractivity contribution in [3.8, 4) is 11.8 Å². The minimum Gasteiger partial charge on any atom is -0.481 e. The van der Waals surface area contributed by atoms with Gasteiger partial charge in [-0.2, -0.15) is 0 Å². The smallest absolute Gasteiger partial charge is 0.303 e. The maximum atomic E-state index is 10.3. The van der Waals surface area contributed by atoms with Gasteiger partial charge in [0.2, 0.25) is 0 Å². The molecule has 0 aliphatic rings. The van der Waals surface area contributed by atoms with E-state index in [0.717, 1.165) is 38.5 Å². The summed E-state index contributed by atoms with van der Waals surface area (Å²) in [6, 6.07) is 0. The van der Waals surface area contributed by atoms with Crippen molar-refractivity contribution in [2.75, 3.05) is 0 Å². The van der Waals surface area contributed by atoms with E-state index in [1.807, 2.05) is 0 Å². The molecule has 0 spiro atoms. The largest absolute Gasteiger partial charge is 0.481 e. The minimum atomic E-state index is -0.682. The molecule has 0 aromatic heterocycles. The number of rotatable bonds is 12. The highest BCUT2D eigenvalue weighted by Gasteiger charge is 1.95. The highest BCUT2D eigenvalue weighted by molar-refractivity contribution is 5.66. The van der Waals surface area contributed by atoms with E-state index in [1.54, 1.807) is 0 Å². The van der Waals surface area contributed by atoms with Crippen molar-refractivity contribution in [3.05, 3.63) is 12.2 Å². The van der Waals surface area contributed by atoms with Gasteiger partial charge in [-0.3, -0.25) is 4.79 Å². The molecule has 0 aromatic rings. The van der Waals surface area contributed by atoms with Crippen LogP contribution in [0, 0.1) is 11.8 Å². The van der Waals surface area contributed by atoms with Crippen LogP contribution in [0.2, 0.25) is 0 Å². The molecular formula is C18H30O2. The maximum absolute atomic E-state index is 10.3. The Morgan fingerprint density at radius 3 is 2.45 bits per heavy atom. The second-order valence-corrected chi connectivity index (χ2v) is 5.19. The average molecular weight is 278 g/mol. The van der Waals surface area contributed by atoms with E-state index in [-0.39, 0.29) is 0 Å². The number of unbranched alkanes of at least 4 members (excludes halogenated alkanes) is 8. The van der Waals surface area contributed by atoms with Crippen molar-refractivity contribution in [1.29, 1.82) is 0 Å². The molecule has 0 heterocycles. The van der Waals surface area contributed by atoms with E-state index in [9.17, 15) is 4.79 Å². The molecule has 0 radical (unpaired) electrons. The van der Waals surface area contributed by atoms with Crippen LogP contribution >= 0.6 is 0 Å². The lowest BCUT2D eigenvalue weighted by Crippen LogP contribution is -1.93. The zero-order chi connectivity index (χ0) is 14.9. The predicted molar refractivity (Wildman–Crippen MR) is 85.6 cm³/mol. The van der Waals surface area contributed by atoms with Crippen LogP contribution in [0.4, 0.5) is 0 Å². The van der Waals surface area contributed by atoms with Gasteiger partial charge in [0, 0.05) is 19.3 Å². The molecule has 0 saturated carbocycles. The van der Waals surface area contributed by atoms with Crippen molar-refractivity contribution in [1.82, 2.24) is 0 Å². The summed E-state index contributed by atoms with van der Waals surface area (Å²) in [4.78, 5) is 10.3. The molecule has 0 saturated heterocycles. The quantitative estimate of drug-likeness (QED) is 0.297. The standard InChI is InChI=1S/C18H30O2/c1-2-3-4-5-6-7-8-9-10-11-12-13-14-15-16-17-18(19)20/h6-7H,2-5,8,11-17H2,1H3,(H,19,20). The van der Waals surface area contributed by atoms with Crippen LogP contribution in [0.1, 0.15) is 84.0 Å². The Hall–Kier alpha value is -1.23. The first kappa shape index (κ1) is 18.8. The van der Waals surface area contributed by atoms with Crippen molar-refractivity contribution >= 4 is 5.97 Å². The third-order valence-electron chi connectivity index (χ3n) is 3.18. The van der Waals surface area contributed by atoms with E-state index in [0.29, 0.717) is 6.42 Å². The molecule has 0 atom stereocenters. The monoisotopic (exact) mass is 278 g/mol. The number of aliphatic carboxylic acids is 1. The summed E-state index contributed by atoms with van der Waals surface area (Å²) in [5, 5.41) is 8.49. The van der Waals surface area contributed by atoms with E-state index in [4.69, 9.17) is 5.11 Å². The summed E-state index contributed by atoms with van der Waals surface area (Å²) in [5.74, 6) is 5.70. The molecular weight excluding hydrogens is 248 g/mol. The number of carbonyl (C=O) groups is 1. The lowest BCUT2D eigenvalue weighted by atomic mass is 10.1. The number of hydrogen-bond acceptors (Lipinski definition) is 1.